The molecule has 0 unspecified atom stereocenters. The second-order valence-corrected chi connectivity index (χ2v) is 8.57. The SMILES string of the molecule is CC[C@@H](Oc1ccc(Cl)cc1)C(=O)Nc1ccc(S(=O)(=O)Nc2ccccc2)cc1. The Morgan fingerprint density at radius 2 is 1.57 bits per heavy atom. The number of halogens is 1. The zero-order valence-electron chi connectivity index (χ0n) is 16.2. The van der Waals surface area contributed by atoms with E-state index in [1.807, 2.05) is 6.92 Å². The number of rotatable bonds is 8. The monoisotopic (exact) mass is 444 g/mol. The zero-order valence-corrected chi connectivity index (χ0v) is 17.8. The van der Waals surface area contributed by atoms with Crippen LogP contribution in [0.4, 0.5) is 11.4 Å². The molecule has 0 aliphatic rings. The van der Waals surface area contributed by atoms with Crippen LogP contribution in [0.25, 0.3) is 0 Å². The summed E-state index contributed by atoms with van der Waals surface area (Å²) >= 11 is 5.86. The molecule has 30 heavy (non-hydrogen) atoms. The van der Waals surface area contributed by atoms with Gasteiger partial charge in [-0.1, -0.05) is 36.7 Å². The highest BCUT2D eigenvalue weighted by molar-refractivity contribution is 7.92. The Hall–Kier alpha value is -3.03. The van der Waals surface area contributed by atoms with Crippen molar-refractivity contribution in [2.75, 3.05) is 10.0 Å². The van der Waals surface area contributed by atoms with Crippen molar-refractivity contribution in [3.63, 3.8) is 0 Å². The fraction of sp³-hybridized carbons (Fsp3) is 0.136. The molecule has 6 nitrogen and oxygen atoms in total. The maximum absolute atomic E-state index is 12.5. The number of nitrogens with one attached hydrogen (secondary N) is 2. The molecule has 8 heteroatoms. The van der Waals surface area contributed by atoms with Gasteiger partial charge >= 0.3 is 0 Å². The Kier molecular flexibility index (Phi) is 6.97. The summed E-state index contributed by atoms with van der Waals surface area (Å²) in [5.74, 6) is 0.209. The van der Waals surface area contributed by atoms with Crippen LogP contribution in [0.5, 0.6) is 5.75 Å². The van der Waals surface area contributed by atoms with E-state index in [4.69, 9.17) is 16.3 Å². The minimum absolute atomic E-state index is 0.0915. The van der Waals surface area contributed by atoms with Gasteiger partial charge < -0.3 is 10.1 Å². The lowest BCUT2D eigenvalue weighted by atomic mass is 10.2. The topological polar surface area (TPSA) is 84.5 Å². The lowest BCUT2D eigenvalue weighted by Crippen LogP contribution is -2.32. The van der Waals surface area contributed by atoms with Crippen LogP contribution in [0, 0.1) is 0 Å². The van der Waals surface area contributed by atoms with Crippen molar-refractivity contribution >= 4 is 38.9 Å². The van der Waals surface area contributed by atoms with E-state index in [1.54, 1.807) is 54.6 Å². The van der Waals surface area contributed by atoms with Gasteiger partial charge in [0.25, 0.3) is 15.9 Å². The van der Waals surface area contributed by atoms with E-state index in [1.165, 1.54) is 24.3 Å². The van der Waals surface area contributed by atoms with Gasteiger partial charge in [0.1, 0.15) is 5.75 Å². The lowest BCUT2D eigenvalue weighted by Gasteiger charge is -2.17. The van der Waals surface area contributed by atoms with Crippen molar-refractivity contribution in [3.05, 3.63) is 83.9 Å². The molecule has 0 bridgehead atoms. The van der Waals surface area contributed by atoms with Gasteiger partial charge in [-0.2, -0.15) is 0 Å². The molecule has 0 radical (unpaired) electrons. The van der Waals surface area contributed by atoms with Crippen molar-refractivity contribution in [3.8, 4) is 5.75 Å². The normalized spacial score (nSPS) is 12.1. The molecule has 0 aliphatic heterocycles. The molecule has 1 amide bonds. The molecule has 0 fully saturated rings. The number of sulfonamides is 1. The number of carbonyl (C=O) groups excluding carboxylic acids is 1. The standard InChI is InChI=1S/C22H21ClN2O4S/c1-2-21(29-19-12-8-16(23)9-13-19)22(26)24-17-10-14-20(15-11-17)30(27,28)25-18-6-4-3-5-7-18/h3-15,21,25H,2H2,1H3,(H,24,26)/t21-/m1/s1. The van der Waals surface area contributed by atoms with Gasteiger partial charge in [0.2, 0.25) is 0 Å². The molecule has 0 aliphatic carbocycles. The van der Waals surface area contributed by atoms with E-state index in [-0.39, 0.29) is 10.8 Å². The molecule has 3 rings (SSSR count). The fourth-order valence-corrected chi connectivity index (χ4v) is 3.84. The number of ether oxygens (including phenoxy) is 1. The van der Waals surface area contributed by atoms with Gasteiger partial charge in [0.15, 0.2) is 6.10 Å². The van der Waals surface area contributed by atoms with Gasteiger partial charge in [0, 0.05) is 16.4 Å². The number of carbonyl (C=O) groups is 1. The first-order valence-electron chi connectivity index (χ1n) is 9.28. The Balaban J connectivity index is 1.65. The molecule has 1 atom stereocenters. The van der Waals surface area contributed by atoms with Crippen LogP contribution in [-0.2, 0) is 14.8 Å². The molecule has 3 aromatic rings. The molecule has 3 aromatic carbocycles. The van der Waals surface area contributed by atoms with Crippen LogP contribution in [0.3, 0.4) is 0 Å². The highest BCUT2D eigenvalue weighted by Crippen LogP contribution is 2.20. The Labute approximate surface area is 180 Å². The smallest absolute Gasteiger partial charge is 0.265 e. The molecular formula is C22H21ClN2O4S. The summed E-state index contributed by atoms with van der Waals surface area (Å²) in [7, 11) is -3.72. The van der Waals surface area contributed by atoms with E-state index in [0.29, 0.717) is 28.6 Å². The minimum atomic E-state index is -3.72. The number of amides is 1. The van der Waals surface area contributed by atoms with Gasteiger partial charge in [-0.25, -0.2) is 8.42 Å². The number of hydrogen-bond acceptors (Lipinski definition) is 4. The molecule has 156 valence electrons. The molecular weight excluding hydrogens is 424 g/mol. The number of hydrogen-bond donors (Lipinski definition) is 2. The summed E-state index contributed by atoms with van der Waals surface area (Å²) in [6.45, 7) is 1.84. The van der Waals surface area contributed by atoms with Crippen molar-refractivity contribution in [1.82, 2.24) is 0 Å². The maximum atomic E-state index is 12.5. The average molecular weight is 445 g/mol. The summed E-state index contributed by atoms with van der Waals surface area (Å²) in [5.41, 5.74) is 0.942. The molecule has 0 saturated carbocycles. The quantitative estimate of drug-likeness (QED) is 0.515. The maximum Gasteiger partial charge on any atom is 0.265 e. The third-order valence-corrected chi connectivity index (χ3v) is 5.86. The van der Waals surface area contributed by atoms with Gasteiger partial charge in [-0.15, -0.1) is 0 Å². The highest BCUT2D eigenvalue weighted by atomic mass is 35.5. The number of para-hydroxylation sites is 1. The molecule has 0 aromatic heterocycles. The predicted molar refractivity (Wildman–Crippen MR) is 118 cm³/mol. The average Bonchev–Trinajstić information content (AvgIpc) is 2.74. The summed E-state index contributed by atoms with van der Waals surface area (Å²) < 4.78 is 33.2. The molecule has 0 heterocycles. The van der Waals surface area contributed by atoms with E-state index in [2.05, 4.69) is 10.0 Å². The zero-order chi connectivity index (χ0) is 21.6. The van der Waals surface area contributed by atoms with Crippen LogP contribution >= 0.6 is 11.6 Å². The van der Waals surface area contributed by atoms with Crippen LogP contribution in [0.15, 0.2) is 83.8 Å². The Bertz CT molecular complexity index is 1090. The van der Waals surface area contributed by atoms with E-state index in [9.17, 15) is 13.2 Å². The molecule has 2 N–H and O–H groups in total. The van der Waals surface area contributed by atoms with Crippen LogP contribution in [-0.4, -0.2) is 20.4 Å². The van der Waals surface area contributed by atoms with Crippen molar-refractivity contribution in [1.29, 1.82) is 0 Å². The first-order chi connectivity index (χ1) is 14.4. The summed E-state index contributed by atoms with van der Waals surface area (Å²) in [4.78, 5) is 12.6. The van der Waals surface area contributed by atoms with E-state index >= 15 is 0 Å². The second-order valence-electron chi connectivity index (χ2n) is 6.45. The van der Waals surface area contributed by atoms with Gasteiger partial charge in [-0.05, 0) is 67.1 Å². The van der Waals surface area contributed by atoms with E-state index < -0.39 is 16.1 Å². The second kappa shape index (κ2) is 9.65. The third-order valence-electron chi connectivity index (χ3n) is 4.21. The van der Waals surface area contributed by atoms with Crippen molar-refractivity contribution in [2.45, 2.75) is 24.3 Å². The first kappa shape index (κ1) is 21.7. The number of benzene rings is 3. The molecule has 0 spiro atoms. The fourth-order valence-electron chi connectivity index (χ4n) is 2.66. The van der Waals surface area contributed by atoms with Gasteiger partial charge in [-0.3, -0.25) is 9.52 Å². The van der Waals surface area contributed by atoms with Crippen LogP contribution < -0.4 is 14.8 Å². The largest absolute Gasteiger partial charge is 0.481 e. The number of anilines is 2. The van der Waals surface area contributed by atoms with Crippen LogP contribution in [0.2, 0.25) is 5.02 Å². The van der Waals surface area contributed by atoms with E-state index in [0.717, 1.165) is 0 Å². The summed E-state index contributed by atoms with van der Waals surface area (Å²) in [6.07, 6.45) is -0.239. The third kappa shape index (κ3) is 5.75. The Morgan fingerprint density at radius 1 is 0.933 bits per heavy atom. The lowest BCUT2D eigenvalue weighted by molar-refractivity contribution is -0.122. The van der Waals surface area contributed by atoms with Crippen LogP contribution in [0.1, 0.15) is 13.3 Å². The predicted octanol–water partition coefficient (Wildman–Crippen LogP) is 4.94. The molecule has 0 saturated heterocycles. The van der Waals surface area contributed by atoms with Crippen molar-refractivity contribution < 1.29 is 17.9 Å². The summed E-state index contributed by atoms with van der Waals surface area (Å²) in [5, 5.41) is 3.33. The van der Waals surface area contributed by atoms with Crippen molar-refractivity contribution in [2.24, 2.45) is 0 Å². The minimum Gasteiger partial charge on any atom is -0.481 e. The first-order valence-corrected chi connectivity index (χ1v) is 11.1. The summed E-state index contributed by atoms with van der Waals surface area (Å²) in [6, 6.07) is 21.3. The van der Waals surface area contributed by atoms with Gasteiger partial charge in [0.05, 0.1) is 4.90 Å². The Morgan fingerprint density at radius 3 is 2.17 bits per heavy atom. The highest BCUT2D eigenvalue weighted by Gasteiger charge is 2.19.